The van der Waals surface area contributed by atoms with Crippen LogP contribution in [0.25, 0.3) is 0 Å². The summed E-state index contributed by atoms with van der Waals surface area (Å²) in [6, 6.07) is 2.31. The third-order valence-electron chi connectivity index (χ3n) is 2.21. The van der Waals surface area contributed by atoms with E-state index in [1.54, 1.807) is 0 Å². The molecule has 0 saturated carbocycles. The maximum Gasteiger partial charge on any atom is 0.433 e. The quantitative estimate of drug-likeness (QED) is 0.602. The summed E-state index contributed by atoms with van der Waals surface area (Å²) in [5.74, 6) is -2.10. The fourth-order valence-electron chi connectivity index (χ4n) is 1.30. The number of carbonyl (C=O) groups is 2. The maximum atomic E-state index is 11.7. The number of rotatable bonds is 6. The molecule has 8 heteroatoms. The summed E-state index contributed by atoms with van der Waals surface area (Å²) in [6.45, 7) is 0.236. The molecule has 1 heterocycles. The predicted octanol–water partition coefficient (Wildman–Crippen LogP) is 1.12. The number of amides is 1. The van der Waals surface area contributed by atoms with Gasteiger partial charge >= 0.3 is 11.9 Å². The fraction of sp³-hybridized carbons (Fsp3) is 0.400. The molecule has 0 aliphatic heterocycles. The van der Waals surface area contributed by atoms with Crippen LogP contribution in [0.5, 0.6) is 0 Å². The van der Waals surface area contributed by atoms with Crippen molar-refractivity contribution in [3.8, 4) is 0 Å². The number of hydrogen-bond acceptors (Lipinski definition) is 5. The van der Waals surface area contributed by atoms with E-state index >= 15 is 0 Å². The zero-order chi connectivity index (χ0) is 13.7. The summed E-state index contributed by atoms with van der Waals surface area (Å²) < 4.78 is 4.75. The number of carbonyl (C=O) groups excluding carboxylic acids is 1. The Morgan fingerprint density at radius 2 is 2.17 bits per heavy atom. The minimum atomic E-state index is -0.940. The molecule has 0 unspecified atom stereocenters. The SMILES string of the molecule is CN(CCCC(=O)O)C(=O)c1ccc([N+](=O)[O-])o1. The first-order valence-corrected chi connectivity index (χ1v) is 5.13. The number of nitrogens with zero attached hydrogens (tertiary/aromatic N) is 2. The van der Waals surface area contributed by atoms with Crippen molar-refractivity contribution in [1.29, 1.82) is 0 Å². The summed E-state index contributed by atoms with van der Waals surface area (Å²) in [5.41, 5.74) is 0. The summed E-state index contributed by atoms with van der Waals surface area (Å²) >= 11 is 0. The molecule has 0 radical (unpaired) electrons. The molecule has 1 aromatic rings. The summed E-state index contributed by atoms with van der Waals surface area (Å²) in [4.78, 5) is 32.9. The van der Waals surface area contributed by atoms with Crippen LogP contribution in [0.2, 0.25) is 0 Å². The lowest BCUT2D eigenvalue weighted by Crippen LogP contribution is -2.27. The number of carboxylic acid groups (broad SMARTS) is 1. The molecule has 1 N–H and O–H groups in total. The van der Waals surface area contributed by atoms with Gasteiger partial charge in [0.05, 0.1) is 6.07 Å². The molecule has 0 aliphatic rings. The Hall–Kier alpha value is -2.38. The standard InChI is InChI=1S/C10H12N2O6/c1-11(6-2-3-9(13)14)10(15)7-4-5-8(18-7)12(16)17/h4-5H,2-3,6H2,1H3,(H,13,14). The smallest absolute Gasteiger partial charge is 0.433 e. The summed E-state index contributed by atoms with van der Waals surface area (Å²) in [7, 11) is 1.47. The van der Waals surface area contributed by atoms with E-state index in [1.807, 2.05) is 0 Å². The maximum absolute atomic E-state index is 11.7. The molecule has 0 spiro atoms. The van der Waals surface area contributed by atoms with Crippen LogP contribution in [-0.2, 0) is 4.79 Å². The van der Waals surface area contributed by atoms with E-state index in [-0.39, 0.29) is 18.7 Å². The van der Waals surface area contributed by atoms with Gasteiger partial charge < -0.3 is 14.4 Å². The Kier molecular flexibility index (Phi) is 4.41. The van der Waals surface area contributed by atoms with Crippen molar-refractivity contribution in [3.05, 3.63) is 28.0 Å². The molecule has 1 rings (SSSR count). The van der Waals surface area contributed by atoms with Gasteiger partial charge in [-0.25, -0.2) is 0 Å². The number of furan rings is 1. The molecular formula is C10H12N2O6. The molecule has 98 valence electrons. The Morgan fingerprint density at radius 1 is 1.50 bits per heavy atom. The molecule has 18 heavy (non-hydrogen) atoms. The van der Waals surface area contributed by atoms with E-state index in [9.17, 15) is 19.7 Å². The second-order valence-corrected chi connectivity index (χ2v) is 3.62. The fourth-order valence-corrected chi connectivity index (χ4v) is 1.30. The van der Waals surface area contributed by atoms with Gasteiger partial charge in [0, 0.05) is 20.0 Å². The molecule has 8 nitrogen and oxygen atoms in total. The normalized spacial score (nSPS) is 10.1. The van der Waals surface area contributed by atoms with Crippen LogP contribution in [0.4, 0.5) is 5.88 Å². The number of hydrogen-bond donors (Lipinski definition) is 1. The van der Waals surface area contributed by atoms with Crippen LogP contribution < -0.4 is 0 Å². The van der Waals surface area contributed by atoms with E-state index < -0.39 is 22.7 Å². The largest absolute Gasteiger partial charge is 0.481 e. The van der Waals surface area contributed by atoms with Crippen molar-refractivity contribution in [3.63, 3.8) is 0 Å². The topological polar surface area (TPSA) is 114 Å². The van der Waals surface area contributed by atoms with E-state index in [4.69, 9.17) is 9.52 Å². The zero-order valence-corrected chi connectivity index (χ0v) is 9.66. The summed E-state index contributed by atoms with van der Waals surface area (Å²) in [5, 5.41) is 18.8. The summed E-state index contributed by atoms with van der Waals surface area (Å²) in [6.07, 6.45) is 0.260. The molecule has 0 fully saturated rings. The number of carboxylic acids is 1. The molecule has 1 aromatic heterocycles. The van der Waals surface area contributed by atoms with Crippen LogP contribution in [0.15, 0.2) is 16.5 Å². The highest BCUT2D eigenvalue weighted by Crippen LogP contribution is 2.16. The minimum Gasteiger partial charge on any atom is -0.481 e. The van der Waals surface area contributed by atoms with Gasteiger partial charge in [0.25, 0.3) is 5.91 Å². The zero-order valence-electron chi connectivity index (χ0n) is 9.66. The van der Waals surface area contributed by atoms with Gasteiger partial charge in [-0.2, -0.15) is 0 Å². The third kappa shape index (κ3) is 3.58. The average molecular weight is 256 g/mol. The van der Waals surface area contributed by atoms with Crippen molar-refractivity contribution in [2.75, 3.05) is 13.6 Å². The molecule has 0 aromatic carbocycles. The molecule has 0 aliphatic carbocycles. The lowest BCUT2D eigenvalue weighted by Gasteiger charge is -2.14. The van der Waals surface area contributed by atoms with Crippen molar-refractivity contribution in [1.82, 2.24) is 4.90 Å². The molecule has 0 atom stereocenters. The Labute approximate surface area is 102 Å². The van der Waals surface area contributed by atoms with Gasteiger partial charge in [-0.3, -0.25) is 19.7 Å². The first-order chi connectivity index (χ1) is 8.41. The lowest BCUT2D eigenvalue weighted by atomic mass is 10.3. The highest BCUT2D eigenvalue weighted by Gasteiger charge is 2.20. The second kappa shape index (κ2) is 5.80. The Balaban J connectivity index is 2.57. The van der Waals surface area contributed by atoms with Gasteiger partial charge in [0.1, 0.15) is 4.92 Å². The van der Waals surface area contributed by atoms with E-state index in [2.05, 4.69) is 0 Å². The van der Waals surface area contributed by atoms with Crippen LogP contribution in [-0.4, -0.2) is 40.4 Å². The molecule has 1 amide bonds. The van der Waals surface area contributed by atoms with Crippen LogP contribution in [0.1, 0.15) is 23.4 Å². The van der Waals surface area contributed by atoms with Crippen LogP contribution >= 0.6 is 0 Å². The van der Waals surface area contributed by atoms with Crippen molar-refractivity contribution in [2.24, 2.45) is 0 Å². The van der Waals surface area contributed by atoms with E-state index in [0.29, 0.717) is 6.42 Å². The molecule has 0 saturated heterocycles. The molecule has 0 bridgehead atoms. The van der Waals surface area contributed by atoms with E-state index in [0.717, 1.165) is 6.07 Å². The van der Waals surface area contributed by atoms with Crippen molar-refractivity contribution >= 4 is 17.8 Å². The first-order valence-electron chi connectivity index (χ1n) is 5.13. The highest BCUT2D eigenvalue weighted by atomic mass is 16.6. The van der Waals surface area contributed by atoms with Gasteiger partial charge in [0.2, 0.25) is 0 Å². The average Bonchev–Trinajstić information content (AvgIpc) is 2.76. The number of aliphatic carboxylic acids is 1. The third-order valence-corrected chi connectivity index (χ3v) is 2.21. The first kappa shape index (κ1) is 13.7. The van der Waals surface area contributed by atoms with Crippen LogP contribution in [0, 0.1) is 10.1 Å². The monoisotopic (exact) mass is 256 g/mol. The molecular weight excluding hydrogens is 244 g/mol. The van der Waals surface area contributed by atoms with Gasteiger partial charge in [0.15, 0.2) is 5.76 Å². The van der Waals surface area contributed by atoms with Crippen molar-refractivity contribution in [2.45, 2.75) is 12.8 Å². The van der Waals surface area contributed by atoms with Gasteiger partial charge in [-0.15, -0.1) is 0 Å². The number of nitro groups is 1. The second-order valence-electron chi connectivity index (χ2n) is 3.62. The van der Waals surface area contributed by atoms with Crippen molar-refractivity contribution < 1.29 is 24.0 Å². The lowest BCUT2D eigenvalue weighted by molar-refractivity contribution is -0.402. The minimum absolute atomic E-state index is 0.0457. The van der Waals surface area contributed by atoms with Gasteiger partial charge in [-0.1, -0.05) is 0 Å². The highest BCUT2D eigenvalue weighted by molar-refractivity contribution is 5.91. The predicted molar refractivity (Wildman–Crippen MR) is 59.2 cm³/mol. The Bertz CT molecular complexity index is 467. The van der Waals surface area contributed by atoms with Crippen LogP contribution in [0.3, 0.4) is 0 Å². The van der Waals surface area contributed by atoms with Gasteiger partial charge in [-0.05, 0) is 12.5 Å². The Morgan fingerprint density at radius 3 is 2.67 bits per heavy atom. The van der Waals surface area contributed by atoms with E-state index in [1.165, 1.54) is 18.0 Å².